The third kappa shape index (κ3) is 4.48. The van der Waals surface area contributed by atoms with E-state index in [1.165, 1.54) is 16.4 Å². The Morgan fingerprint density at radius 3 is 2.44 bits per heavy atom. The summed E-state index contributed by atoms with van der Waals surface area (Å²) in [4.78, 5) is 13.2. The summed E-state index contributed by atoms with van der Waals surface area (Å²) in [6.07, 6.45) is 3.01. The van der Waals surface area contributed by atoms with Crippen LogP contribution in [0.25, 0.3) is 0 Å². The van der Waals surface area contributed by atoms with E-state index in [4.69, 9.17) is 9.47 Å². The number of nitriles is 1. The fourth-order valence-electron chi connectivity index (χ4n) is 4.71. The van der Waals surface area contributed by atoms with E-state index in [1.807, 2.05) is 24.3 Å². The summed E-state index contributed by atoms with van der Waals surface area (Å²) in [7, 11) is -3.78. The van der Waals surface area contributed by atoms with Crippen molar-refractivity contribution in [1.82, 2.24) is 9.62 Å². The number of piperidine rings is 1. The Morgan fingerprint density at radius 2 is 1.74 bits per heavy atom. The number of hydrogen-bond donors (Lipinski definition) is 1. The number of carbonyl (C=O) groups is 1. The Bertz CT molecular complexity index is 1230. The first-order chi connectivity index (χ1) is 16.5. The highest BCUT2D eigenvalue weighted by Gasteiger charge is 2.37. The zero-order valence-electron chi connectivity index (χ0n) is 18.8. The van der Waals surface area contributed by atoms with Crippen molar-refractivity contribution in [3.63, 3.8) is 0 Å². The number of carbonyl (C=O) groups excluding carboxylic acids is 1. The number of nitrogens with one attached hydrogen (secondary N) is 1. The van der Waals surface area contributed by atoms with Gasteiger partial charge in [0.25, 0.3) is 0 Å². The molecule has 1 N–H and O–H groups in total. The summed E-state index contributed by atoms with van der Waals surface area (Å²) in [6, 6.07) is 13.9. The van der Waals surface area contributed by atoms with Gasteiger partial charge in [0.2, 0.25) is 15.9 Å². The molecule has 0 radical (unpaired) electrons. The molecular formula is C25H27N3O5S. The zero-order chi connectivity index (χ0) is 23.7. The van der Waals surface area contributed by atoms with Crippen LogP contribution in [-0.4, -0.2) is 44.9 Å². The van der Waals surface area contributed by atoms with Gasteiger partial charge in [-0.3, -0.25) is 4.79 Å². The largest absolute Gasteiger partial charge is 0.486 e. The van der Waals surface area contributed by atoms with Crippen molar-refractivity contribution in [2.75, 3.05) is 26.3 Å². The van der Waals surface area contributed by atoms with Gasteiger partial charge >= 0.3 is 0 Å². The smallest absolute Gasteiger partial charge is 0.244 e. The van der Waals surface area contributed by atoms with Crippen molar-refractivity contribution in [1.29, 1.82) is 5.26 Å². The summed E-state index contributed by atoms with van der Waals surface area (Å²) >= 11 is 0. The Balaban J connectivity index is 1.24. The fraction of sp³-hybridized carbons (Fsp3) is 0.440. The van der Waals surface area contributed by atoms with Crippen LogP contribution in [0.5, 0.6) is 11.5 Å². The average Bonchev–Trinajstić information content (AvgIpc) is 3.72. The molecule has 2 fully saturated rings. The zero-order valence-corrected chi connectivity index (χ0v) is 19.6. The van der Waals surface area contributed by atoms with Crippen LogP contribution >= 0.6 is 0 Å². The molecule has 5 rings (SSSR count). The van der Waals surface area contributed by atoms with Crippen LogP contribution in [0.2, 0.25) is 0 Å². The Hall–Kier alpha value is -3.09. The number of hydrogen-bond acceptors (Lipinski definition) is 6. The van der Waals surface area contributed by atoms with Crippen LogP contribution in [0, 0.1) is 23.2 Å². The van der Waals surface area contributed by atoms with Gasteiger partial charge in [0.1, 0.15) is 19.3 Å². The van der Waals surface area contributed by atoms with E-state index in [9.17, 15) is 18.5 Å². The van der Waals surface area contributed by atoms with Crippen LogP contribution < -0.4 is 14.8 Å². The Labute approximate surface area is 199 Å². The maximum absolute atomic E-state index is 13.2. The van der Waals surface area contributed by atoms with Gasteiger partial charge in [-0.2, -0.15) is 9.57 Å². The number of amides is 1. The van der Waals surface area contributed by atoms with Gasteiger partial charge < -0.3 is 14.8 Å². The molecule has 1 unspecified atom stereocenters. The molecule has 2 heterocycles. The topological polar surface area (TPSA) is 109 Å². The van der Waals surface area contributed by atoms with Gasteiger partial charge in [-0.1, -0.05) is 18.2 Å². The first-order valence-electron chi connectivity index (χ1n) is 11.7. The number of fused-ring (bicyclic) bond motifs is 1. The molecule has 3 aliphatic rings. The number of rotatable bonds is 6. The molecule has 2 aromatic rings. The number of nitrogens with zero attached hydrogens (tertiary/aromatic N) is 2. The van der Waals surface area contributed by atoms with Gasteiger partial charge in [0.05, 0.1) is 16.5 Å². The lowest BCUT2D eigenvalue weighted by Crippen LogP contribution is -2.44. The van der Waals surface area contributed by atoms with Gasteiger partial charge in [0, 0.05) is 19.0 Å². The Morgan fingerprint density at radius 1 is 1.03 bits per heavy atom. The summed E-state index contributed by atoms with van der Waals surface area (Å²) in [6.45, 7) is 1.54. The standard InChI is InChI=1S/C25H27N3O5S/c26-16-20-3-1-2-4-23(20)34(30,31)28-11-9-18(10-12-28)25(29)27-24(17-5-6-17)19-7-8-21-22(15-19)33-14-13-32-21/h1-4,7-8,15,17-18,24H,5-6,9-14H2,(H,27,29). The minimum Gasteiger partial charge on any atom is -0.486 e. The van der Waals surface area contributed by atoms with E-state index in [-0.39, 0.29) is 41.4 Å². The predicted octanol–water partition coefficient (Wildman–Crippen LogP) is 3.00. The second-order valence-corrected chi connectivity index (χ2v) is 10.9. The van der Waals surface area contributed by atoms with Crippen LogP contribution in [0.1, 0.15) is 42.9 Å². The number of sulfonamides is 1. The second-order valence-electron chi connectivity index (χ2n) is 9.01. The molecule has 2 aliphatic heterocycles. The van der Waals surface area contributed by atoms with Gasteiger partial charge in [0.15, 0.2) is 11.5 Å². The SMILES string of the molecule is N#Cc1ccccc1S(=O)(=O)N1CCC(C(=O)NC(c2ccc3c(c2)OCCO3)C2CC2)CC1. The summed E-state index contributed by atoms with van der Waals surface area (Å²) in [5.74, 6) is 1.54. The van der Waals surface area contributed by atoms with E-state index < -0.39 is 10.0 Å². The lowest BCUT2D eigenvalue weighted by atomic mass is 9.95. The van der Waals surface area contributed by atoms with E-state index in [1.54, 1.807) is 12.1 Å². The molecule has 9 heteroatoms. The quantitative estimate of drug-likeness (QED) is 0.680. The molecule has 1 amide bonds. The summed E-state index contributed by atoms with van der Waals surface area (Å²) in [5.41, 5.74) is 1.14. The van der Waals surface area contributed by atoms with Gasteiger partial charge in [-0.05, 0) is 61.4 Å². The molecule has 2 aromatic carbocycles. The fourth-order valence-corrected chi connectivity index (χ4v) is 6.32. The van der Waals surface area contributed by atoms with Crippen molar-refractivity contribution in [2.24, 2.45) is 11.8 Å². The van der Waals surface area contributed by atoms with E-state index in [0.29, 0.717) is 37.7 Å². The monoisotopic (exact) mass is 481 g/mol. The molecule has 1 saturated heterocycles. The first kappa shape index (κ1) is 22.7. The lowest BCUT2D eigenvalue weighted by molar-refractivity contribution is -0.127. The Kier molecular flexibility index (Phi) is 6.19. The van der Waals surface area contributed by atoms with E-state index in [2.05, 4.69) is 5.32 Å². The average molecular weight is 482 g/mol. The van der Waals surface area contributed by atoms with Crippen molar-refractivity contribution < 1.29 is 22.7 Å². The molecule has 8 nitrogen and oxygen atoms in total. The molecule has 178 valence electrons. The van der Waals surface area contributed by atoms with Crippen molar-refractivity contribution in [2.45, 2.75) is 36.6 Å². The molecule has 1 saturated carbocycles. The van der Waals surface area contributed by atoms with Crippen molar-refractivity contribution in [3.05, 3.63) is 53.6 Å². The molecule has 1 atom stereocenters. The first-order valence-corrected chi connectivity index (χ1v) is 13.1. The second kappa shape index (κ2) is 9.28. The van der Waals surface area contributed by atoms with Crippen molar-refractivity contribution >= 4 is 15.9 Å². The highest BCUT2D eigenvalue weighted by atomic mass is 32.2. The summed E-state index contributed by atoms with van der Waals surface area (Å²) < 4.78 is 38.9. The number of ether oxygens (including phenoxy) is 2. The van der Waals surface area contributed by atoms with Crippen LogP contribution in [-0.2, 0) is 14.8 Å². The highest BCUT2D eigenvalue weighted by Crippen LogP contribution is 2.43. The molecular weight excluding hydrogens is 454 g/mol. The normalized spacial score (nSPS) is 19.7. The maximum atomic E-state index is 13.2. The van der Waals surface area contributed by atoms with Crippen LogP contribution in [0.15, 0.2) is 47.4 Å². The summed E-state index contributed by atoms with van der Waals surface area (Å²) in [5, 5.41) is 12.5. The van der Waals surface area contributed by atoms with E-state index in [0.717, 1.165) is 24.2 Å². The minimum atomic E-state index is -3.78. The van der Waals surface area contributed by atoms with Crippen LogP contribution in [0.3, 0.4) is 0 Å². The maximum Gasteiger partial charge on any atom is 0.244 e. The number of benzene rings is 2. The molecule has 0 spiro atoms. The lowest BCUT2D eigenvalue weighted by Gasteiger charge is -2.32. The molecule has 34 heavy (non-hydrogen) atoms. The highest BCUT2D eigenvalue weighted by molar-refractivity contribution is 7.89. The third-order valence-corrected chi connectivity index (χ3v) is 8.72. The van der Waals surface area contributed by atoms with Crippen molar-refractivity contribution in [3.8, 4) is 17.6 Å². The van der Waals surface area contributed by atoms with Gasteiger partial charge in [-0.25, -0.2) is 8.42 Å². The minimum absolute atomic E-state index is 0.0211. The van der Waals surface area contributed by atoms with Crippen LogP contribution in [0.4, 0.5) is 0 Å². The third-order valence-electron chi connectivity index (χ3n) is 6.77. The molecule has 0 aromatic heterocycles. The van der Waals surface area contributed by atoms with Gasteiger partial charge in [-0.15, -0.1) is 0 Å². The molecule has 1 aliphatic carbocycles. The van der Waals surface area contributed by atoms with E-state index >= 15 is 0 Å². The predicted molar refractivity (Wildman–Crippen MR) is 124 cm³/mol. The molecule has 0 bridgehead atoms.